The molecule has 0 spiro atoms. The topological polar surface area (TPSA) is 109 Å². The number of aromatic amines is 1. The molecule has 1 fully saturated rings. The lowest BCUT2D eigenvalue weighted by Crippen LogP contribution is -2.46. The highest BCUT2D eigenvalue weighted by Crippen LogP contribution is 2.40. The number of amides is 1. The fourth-order valence-corrected chi connectivity index (χ4v) is 6.11. The van der Waals surface area contributed by atoms with Crippen molar-refractivity contribution in [2.24, 2.45) is 0 Å². The fraction of sp³-hybridized carbons (Fsp3) is 0.273. The minimum absolute atomic E-state index is 0.164. The Morgan fingerprint density at radius 3 is 2.69 bits per heavy atom. The summed E-state index contributed by atoms with van der Waals surface area (Å²) in [4.78, 5) is 28.9. The minimum atomic E-state index is -0.164. The van der Waals surface area contributed by atoms with E-state index in [0.717, 1.165) is 80.7 Å². The number of piperazine rings is 1. The first kappa shape index (κ1) is 26.2. The van der Waals surface area contributed by atoms with Crippen molar-refractivity contribution in [1.29, 1.82) is 0 Å². The molecule has 0 unspecified atom stereocenters. The van der Waals surface area contributed by atoms with E-state index in [1.807, 2.05) is 36.9 Å². The van der Waals surface area contributed by atoms with E-state index in [1.165, 1.54) is 0 Å². The van der Waals surface area contributed by atoms with Gasteiger partial charge in [0.1, 0.15) is 17.2 Å². The van der Waals surface area contributed by atoms with E-state index in [1.54, 1.807) is 7.11 Å². The molecule has 1 aliphatic carbocycles. The van der Waals surface area contributed by atoms with Crippen molar-refractivity contribution in [2.75, 3.05) is 33.3 Å². The SMILES string of the molecule is COc1cc2c(cc1-c1c(C)noc1C)[nH]c1nc(C(=O)N3CCNCC3)nc(C3=c4ccccc4=CCCC=C3)c12. The molecule has 212 valence electrons. The van der Waals surface area contributed by atoms with Gasteiger partial charge in [0.05, 0.1) is 29.4 Å². The monoisotopic (exact) mass is 560 g/mol. The number of nitrogens with zero attached hydrogens (tertiary/aromatic N) is 4. The molecule has 2 N–H and O–H groups in total. The predicted molar refractivity (Wildman–Crippen MR) is 163 cm³/mol. The number of aromatic nitrogens is 4. The van der Waals surface area contributed by atoms with Crippen molar-refractivity contribution in [3.8, 4) is 16.9 Å². The molecule has 1 saturated heterocycles. The number of benzene rings is 2. The van der Waals surface area contributed by atoms with Crippen LogP contribution in [0.25, 0.3) is 44.7 Å². The number of H-pyrrole nitrogens is 1. The minimum Gasteiger partial charge on any atom is -0.496 e. The summed E-state index contributed by atoms with van der Waals surface area (Å²) in [7, 11) is 1.66. The first-order valence-corrected chi connectivity index (χ1v) is 14.3. The Labute approximate surface area is 242 Å². The molecule has 0 atom stereocenters. The number of ether oxygens (including phenoxy) is 1. The summed E-state index contributed by atoms with van der Waals surface area (Å²) in [6.45, 7) is 6.56. The lowest BCUT2D eigenvalue weighted by molar-refractivity contribution is 0.0723. The third-order valence-electron chi connectivity index (χ3n) is 8.16. The number of carbonyl (C=O) groups is 1. The van der Waals surface area contributed by atoms with Crippen molar-refractivity contribution in [1.82, 2.24) is 30.3 Å². The molecule has 2 aromatic carbocycles. The smallest absolute Gasteiger partial charge is 0.291 e. The summed E-state index contributed by atoms with van der Waals surface area (Å²) in [5.41, 5.74) is 5.70. The molecule has 42 heavy (non-hydrogen) atoms. The fourth-order valence-electron chi connectivity index (χ4n) is 6.11. The van der Waals surface area contributed by atoms with Gasteiger partial charge in [-0.2, -0.15) is 0 Å². The number of fused-ring (bicyclic) bond motifs is 4. The van der Waals surface area contributed by atoms with Gasteiger partial charge in [0.25, 0.3) is 5.91 Å². The summed E-state index contributed by atoms with van der Waals surface area (Å²) in [6, 6.07) is 12.4. The van der Waals surface area contributed by atoms with Crippen LogP contribution in [0.2, 0.25) is 0 Å². The molecule has 0 radical (unpaired) electrons. The Morgan fingerprint density at radius 2 is 1.90 bits per heavy atom. The van der Waals surface area contributed by atoms with Crippen LogP contribution in [0.4, 0.5) is 0 Å². The Morgan fingerprint density at radius 1 is 1.07 bits per heavy atom. The summed E-state index contributed by atoms with van der Waals surface area (Å²) in [5, 5.41) is 11.5. The van der Waals surface area contributed by atoms with Crippen molar-refractivity contribution in [2.45, 2.75) is 26.7 Å². The molecule has 3 aromatic heterocycles. The van der Waals surface area contributed by atoms with Gasteiger partial charge < -0.3 is 24.5 Å². The predicted octanol–water partition coefficient (Wildman–Crippen LogP) is 3.77. The molecule has 0 saturated carbocycles. The van der Waals surface area contributed by atoms with Crippen LogP contribution in [0.15, 0.2) is 53.1 Å². The van der Waals surface area contributed by atoms with Gasteiger partial charge in [-0.3, -0.25) is 4.79 Å². The zero-order valence-corrected chi connectivity index (χ0v) is 24.0. The molecule has 4 heterocycles. The van der Waals surface area contributed by atoms with Crippen molar-refractivity contribution >= 4 is 39.5 Å². The normalized spacial score (nSPS) is 15.4. The lowest BCUT2D eigenvalue weighted by atomic mass is 9.97. The average Bonchev–Trinajstić information content (AvgIpc) is 3.54. The van der Waals surface area contributed by atoms with Gasteiger partial charge in [-0.25, -0.2) is 9.97 Å². The molecule has 9 heteroatoms. The highest BCUT2D eigenvalue weighted by atomic mass is 16.5. The van der Waals surface area contributed by atoms with E-state index in [-0.39, 0.29) is 11.7 Å². The number of nitrogens with one attached hydrogen (secondary N) is 2. The van der Waals surface area contributed by atoms with Crippen LogP contribution in [0.3, 0.4) is 0 Å². The third-order valence-corrected chi connectivity index (χ3v) is 8.16. The van der Waals surface area contributed by atoms with Gasteiger partial charge in [-0.05, 0) is 49.3 Å². The Balaban J connectivity index is 1.56. The standard InChI is InChI=1S/C33H32N6O3/c1-19-28(20(2)42-38-19)25-17-26-24(18-27(25)41-3)29-30(23-12-6-4-5-9-21-10-7-8-11-22(21)23)36-32(37-31(29)35-26)33(40)39-15-13-34-14-16-39/h6-12,17-18,34H,4-5,13-16H2,1-3H3,(H,35,36,37). The molecule has 7 rings (SSSR count). The van der Waals surface area contributed by atoms with E-state index in [0.29, 0.717) is 30.2 Å². The molecular formula is C33H32N6O3. The second-order valence-corrected chi connectivity index (χ2v) is 10.8. The van der Waals surface area contributed by atoms with E-state index in [4.69, 9.17) is 19.2 Å². The maximum atomic E-state index is 13.7. The quantitative estimate of drug-likeness (QED) is 0.345. The van der Waals surface area contributed by atoms with Crippen LogP contribution in [0.1, 0.15) is 40.6 Å². The zero-order chi connectivity index (χ0) is 28.8. The van der Waals surface area contributed by atoms with Gasteiger partial charge in [0.15, 0.2) is 0 Å². The van der Waals surface area contributed by atoms with Crippen molar-refractivity contribution in [3.05, 3.63) is 82.0 Å². The molecule has 2 aliphatic rings. The number of carbonyl (C=O) groups excluding carboxylic acids is 1. The van der Waals surface area contributed by atoms with E-state index >= 15 is 0 Å². The van der Waals surface area contributed by atoms with E-state index < -0.39 is 0 Å². The Bertz CT molecular complexity index is 1990. The molecule has 9 nitrogen and oxygen atoms in total. The van der Waals surface area contributed by atoms with Crippen LogP contribution in [-0.4, -0.2) is 64.2 Å². The van der Waals surface area contributed by atoms with Gasteiger partial charge in [0, 0.05) is 48.2 Å². The number of aryl methyl sites for hydroxylation is 2. The maximum Gasteiger partial charge on any atom is 0.291 e. The number of allylic oxidation sites excluding steroid dienone is 2. The van der Waals surface area contributed by atoms with Crippen LogP contribution < -0.4 is 20.5 Å². The number of methoxy groups -OCH3 is 1. The molecule has 1 aliphatic heterocycles. The lowest BCUT2D eigenvalue weighted by Gasteiger charge is -2.26. The van der Waals surface area contributed by atoms with E-state index in [9.17, 15) is 4.79 Å². The molecule has 1 amide bonds. The average molecular weight is 561 g/mol. The van der Waals surface area contributed by atoms with Gasteiger partial charge in [-0.15, -0.1) is 0 Å². The number of hydrogen-bond donors (Lipinski definition) is 2. The van der Waals surface area contributed by atoms with Crippen LogP contribution in [0.5, 0.6) is 5.75 Å². The summed E-state index contributed by atoms with van der Waals surface area (Å²) >= 11 is 0. The van der Waals surface area contributed by atoms with Crippen LogP contribution >= 0.6 is 0 Å². The number of hydrogen-bond acceptors (Lipinski definition) is 7. The molecule has 5 aromatic rings. The summed E-state index contributed by atoms with van der Waals surface area (Å²) in [5.74, 6) is 1.43. The van der Waals surface area contributed by atoms with Gasteiger partial charge in [-0.1, -0.05) is 47.7 Å². The van der Waals surface area contributed by atoms with Crippen LogP contribution in [0, 0.1) is 13.8 Å². The Kier molecular flexibility index (Phi) is 6.59. The van der Waals surface area contributed by atoms with Crippen molar-refractivity contribution in [3.63, 3.8) is 0 Å². The van der Waals surface area contributed by atoms with Crippen LogP contribution in [-0.2, 0) is 0 Å². The van der Waals surface area contributed by atoms with E-state index in [2.05, 4.69) is 51.9 Å². The van der Waals surface area contributed by atoms with Gasteiger partial charge in [0.2, 0.25) is 5.82 Å². The highest BCUT2D eigenvalue weighted by Gasteiger charge is 2.26. The summed E-state index contributed by atoms with van der Waals surface area (Å²) in [6.07, 6.45) is 8.46. The first-order valence-electron chi connectivity index (χ1n) is 14.3. The molecular weight excluding hydrogens is 528 g/mol. The first-order chi connectivity index (χ1) is 20.5. The highest BCUT2D eigenvalue weighted by molar-refractivity contribution is 6.13. The zero-order valence-electron chi connectivity index (χ0n) is 24.0. The third kappa shape index (κ3) is 4.37. The maximum absolute atomic E-state index is 13.7. The van der Waals surface area contributed by atoms with Crippen molar-refractivity contribution < 1.29 is 14.1 Å². The summed E-state index contributed by atoms with van der Waals surface area (Å²) < 4.78 is 11.4. The number of rotatable bonds is 4. The second kappa shape index (κ2) is 10.6. The van der Waals surface area contributed by atoms with Gasteiger partial charge >= 0.3 is 0 Å². The Hall–Kier alpha value is -4.76. The second-order valence-electron chi connectivity index (χ2n) is 10.8. The molecule has 0 bridgehead atoms. The largest absolute Gasteiger partial charge is 0.496 e.